The lowest BCUT2D eigenvalue weighted by Gasteiger charge is -2.17. The minimum absolute atomic E-state index is 0.0670. The molecule has 0 aliphatic carbocycles. The zero-order valence-corrected chi connectivity index (χ0v) is 18.5. The van der Waals surface area contributed by atoms with Gasteiger partial charge in [-0.25, -0.2) is 4.98 Å². The van der Waals surface area contributed by atoms with Crippen molar-refractivity contribution in [2.45, 2.75) is 44.3 Å². The van der Waals surface area contributed by atoms with Crippen molar-refractivity contribution >= 4 is 28.6 Å². The third-order valence-corrected chi connectivity index (χ3v) is 5.74. The second-order valence-corrected chi connectivity index (χ2v) is 8.86. The first-order chi connectivity index (χ1) is 14.4. The largest absolute Gasteiger partial charge is 0.497 e. The number of carbonyl (C=O) groups is 1. The molecule has 0 bridgehead atoms. The lowest BCUT2D eigenvalue weighted by atomic mass is 10.2. The van der Waals surface area contributed by atoms with Crippen molar-refractivity contribution in [2.75, 3.05) is 7.11 Å². The summed E-state index contributed by atoms with van der Waals surface area (Å²) >= 11 is 1.31. The molecule has 0 saturated heterocycles. The summed E-state index contributed by atoms with van der Waals surface area (Å²) in [5.41, 5.74) is 1.57. The highest BCUT2D eigenvalue weighted by molar-refractivity contribution is 8.00. The van der Waals surface area contributed by atoms with E-state index in [1.54, 1.807) is 17.7 Å². The monoisotopic (exact) mass is 425 g/mol. The Labute approximate surface area is 180 Å². The molecule has 0 aliphatic rings. The predicted octanol–water partition coefficient (Wildman–Crippen LogP) is 3.86. The van der Waals surface area contributed by atoms with Crippen LogP contribution < -0.4 is 15.6 Å². The van der Waals surface area contributed by atoms with Gasteiger partial charge < -0.3 is 10.1 Å². The molecule has 0 saturated carbocycles. The minimum atomic E-state index is -0.394. The van der Waals surface area contributed by atoms with Crippen LogP contribution >= 0.6 is 11.8 Å². The second kappa shape index (κ2) is 9.80. The number of nitrogens with zero attached hydrogens (tertiary/aromatic N) is 2. The number of thioether (sulfide) groups is 1. The van der Waals surface area contributed by atoms with Crippen molar-refractivity contribution in [1.29, 1.82) is 0 Å². The number of ether oxygens (including phenoxy) is 1. The van der Waals surface area contributed by atoms with Crippen LogP contribution in [0, 0.1) is 5.92 Å². The average Bonchev–Trinajstić information content (AvgIpc) is 2.74. The van der Waals surface area contributed by atoms with Gasteiger partial charge in [0.25, 0.3) is 5.56 Å². The van der Waals surface area contributed by atoms with E-state index < -0.39 is 5.25 Å². The van der Waals surface area contributed by atoms with Gasteiger partial charge in [0.1, 0.15) is 5.75 Å². The molecule has 1 amide bonds. The van der Waals surface area contributed by atoms with Crippen molar-refractivity contribution in [3.63, 3.8) is 0 Å². The SMILES string of the molecule is COc1ccc(CNC(=O)[C@H](C)Sc2nc3ccccc3c(=O)n2CC(C)C)cc1. The number of nitrogens with one attached hydrogen (secondary N) is 1. The van der Waals surface area contributed by atoms with E-state index in [1.165, 1.54) is 11.8 Å². The van der Waals surface area contributed by atoms with Crippen LogP contribution in [0.4, 0.5) is 0 Å². The number of amides is 1. The van der Waals surface area contributed by atoms with Crippen LogP contribution in [0.5, 0.6) is 5.75 Å². The van der Waals surface area contributed by atoms with Crippen LogP contribution in [0.25, 0.3) is 10.9 Å². The number of methoxy groups -OCH3 is 1. The fourth-order valence-electron chi connectivity index (χ4n) is 3.05. The van der Waals surface area contributed by atoms with Crippen LogP contribution in [-0.4, -0.2) is 27.8 Å². The quantitative estimate of drug-likeness (QED) is 0.438. The summed E-state index contributed by atoms with van der Waals surface area (Å²) in [5.74, 6) is 0.957. The standard InChI is InChI=1S/C23H27N3O3S/c1-15(2)14-26-22(28)19-7-5-6-8-20(19)25-23(26)30-16(3)21(27)24-13-17-9-11-18(29-4)12-10-17/h5-12,15-16H,13-14H2,1-4H3,(H,24,27)/t16-/m0/s1. The van der Waals surface area contributed by atoms with Gasteiger partial charge in [0.2, 0.25) is 5.91 Å². The Morgan fingerprint density at radius 1 is 1.13 bits per heavy atom. The van der Waals surface area contributed by atoms with Gasteiger partial charge in [-0.2, -0.15) is 0 Å². The van der Waals surface area contributed by atoms with Crippen molar-refractivity contribution in [3.8, 4) is 5.75 Å². The molecular formula is C23H27N3O3S. The summed E-state index contributed by atoms with van der Waals surface area (Å²) < 4.78 is 6.84. The molecule has 0 aliphatic heterocycles. The highest BCUT2D eigenvalue weighted by Crippen LogP contribution is 2.23. The Bertz CT molecular complexity index is 1080. The van der Waals surface area contributed by atoms with E-state index in [9.17, 15) is 9.59 Å². The highest BCUT2D eigenvalue weighted by Gasteiger charge is 2.19. The van der Waals surface area contributed by atoms with Crippen LogP contribution in [0.3, 0.4) is 0 Å². The summed E-state index contributed by atoms with van der Waals surface area (Å²) in [7, 11) is 1.62. The highest BCUT2D eigenvalue weighted by atomic mass is 32.2. The van der Waals surface area contributed by atoms with Crippen LogP contribution in [0.1, 0.15) is 26.3 Å². The number of benzene rings is 2. The van der Waals surface area contributed by atoms with E-state index in [-0.39, 0.29) is 17.4 Å². The first-order valence-electron chi connectivity index (χ1n) is 9.96. The Kier molecular flexibility index (Phi) is 7.15. The van der Waals surface area contributed by atoms with Gasteiger partial charge in [-0.15, -0.1) is 0 Å². The molecule has 0 unspecified atom stereocenters. The molecule has 7 heteroatoms. The maximum atomic E-state index is 13.0. The number of hydrogen-bond acceptors (Lipinski definition) is 5. The Balaban J connectivity index is 1.76. The molecule has 1 heterocycles. The maximum Gasteiger partial charge on any atom is 0.262 e. The van der Waals surface area contributed by atoms with E-state index in [0.29, 0.717) is 29.1 Å². The summed E-state index contributed by atoms with van der Waals surface area (Å²) in [6, 6.07) is 14.9. The Morgan fingerprint density at radius 2 is 1.83 bits per heavy atom. The number of rotatable bonds is 8. The summed E-state index contributed by atoms with van der Waals surface area (Å²) in [4.78, 5) is 30.3. The van der Waals surface area contributed by atoms with Gasteiger partial charge in [0, 0.05) is 13.1 Å². The van der Waals surface area contributed by atoms with E-state index in [4.69, 9.17) is 4.74 Å². The molecular weight excluding hydrogens is 398 g/mol. The molecule has 30 heavy (non-hydrogen) atoms. The summed E-state index contributed by atoms with van der Waals surface area (Å²) in [5, 5.41) is 3.72. The number of aromatic nitrogens is 2. The van der Waals surface area contributed by atoms with Gasteiger partial charge in [-0.3, -0.25) is 14.2 Å². The number of para-hydroxylation sites is 1. The molecule has 1 aromatic heterocycles. The van der Waals surface area contributed by atoms with Crippen molar-refractivity contribution in [1.82, 2.24) is 14.9 Å². The van der Waals surface area contributed by atoms with Crippen molar-refractivity contribution < 1.29 is 9.53 Å². The minimum Gasteiger partial charge on any atom is -0.497 e. The van der Waals surface area contributed by atoms with Crippen LogP contribution in [-0.2, 0) is 17.9 Å². The second-order valence-electron chi connectivity index (χ2n) is 7.55. The maximum absolute atomic E-state index is 13.0. The zero-order chi connectivity index (χ0) is 21.7. The third-order valence-electron chi connectivity index (χ3n) is 4.65. The molecule has 1 atom stereocenters. The molecule has 0 spiro atoms. The van der Waals surface area contributed by atoms with Gasteiger partial charge >= 0.3 is 0 Å². The number of carbonyl (C=O) groups excluding carboxylic acids is 1. The number of hydrogen-bond donors (Lipinski definition) is 1. The molecule has 6 nitrogen and oxygen atoms in total. The van der Waals surface area contributed by atoms with E-state index in [2.05, 4.69) is 24.1 Å². The predicted molar refractivity (Wildman–Crippen MR) is 121 cm³/mol. The van der Waals surface area contributed by atoms with Crippen LogP contribution in [0.15, 0.2) is 58.5 Å². The lowest BCUT2D eigenvalue weighted by Crippen LogP contribution is -2.32. The molecule has 1 N–H and O–H groups in total. The first kappa shape index (κ1) is 21.9. The normalized spacial score (nSPS) is 12.2. The topological polar surface area (TPSA) is 73.2 Å². The summed E-state index contributed by atoms with van der Waals surface area (Å²) in [6.45, 7) is 6.92. The van der Waals surface area contributed by atoms with Gasteiger partial charge in [-0.05, 0) is 42.7 Å². The van der Waals surface area contributed by atoms with E-state index in [0.717, 1.165) is 11.3 Å². The number of fused-ring (bicyclic) bond motifs is 1. The van der Waals surface area contributed by atoms with Gasteiger partial charge in [-0.1, -0.05) is 49.9 Å². The molecule has 3 aromatic rings. The third kappa shape index (κ3) is 5.21. The molecule has 3 rings (SSSR count). The summed E-state index contributed by atoms with van der Waals surface area (Å²) in [6.07, 6.45) is 0. The Hall–Kier alpha value is -2.80. The zero-order valence-electron chi connectivity index (χ0n) is 17.7. The smallest absolute Gasteiger partial charge is 0.262 e. The Morgan fingerprint density at radius 3 is 2.50 bits per heavy atom. The van der Waals surface area contributed by atoms with Gasteiger partial charge in [0.15, 0.2) is 5.16 Å². The van der Waals surface area contributed by atoms with E-state index >= 15 is 0 Å². The lowest BCUT2D eigenvalue weighted by molar-refractivity contribution is -0.120. The van der Waals surface area contributed by atoms with Crippen LogP contribution in [0.2, 0.25) is 0 Å². The van der Waals surface area contributed by atoms with Gasteiger partial charge in [0.05, 0.1) is 23.3 Å². The average molecular weight is 426 g/mol. The fraction of sp³-hybridized carbons (Fsp3) is 0.348. The van der Waals surface area contributed by atoms with Crippen molar-refractivity contribution in [2.24, 2.45) is 5.92 Å². The fourth-order valence-corrected chi connectivity index (χ4v) is 3.99. The van der Waals surface area contributed by atoms with Crippen molar-refractivity contribution in [3.05, 3.63) is 64.4 Å². The molecule has 0 fully saturated rings. The molecule has 158 valence electrons. The molecule has 2 aromatic carbocycles. The first-order valence-corrected chi connectivity index (χ1v) is 10.8. The van der Waals surface area contributed by atoms with E-state index in [1.807, 2.05) is 49.4 Å². The molecule has 0 radical (unpaired) electrons.